The molecular weight excluding hydrogens is 200 g/mol. The van der Waals surface area contributed by atoms with Crippen molar-refractivity contribution in [3.05, 3.63) is 0 Å². The molecule has 2 N–H and O–H groups in total. The lowest BCUT2D eigenvalue weighted by molar-refractivity contribution is -0.135. The Morgan fingerprint density at radius 2 is 2.08 bits per heavy atom. The molecule has 1 rings (SSSR count). The molecule has 0 aromatic carbocycles. The van der Waals surface area contributed by atoms with Crippen LogP contribution < -0.4 is 10.6 Å². The predicted molar refractivity (Wildman–Crippen MR) is 47.8 cm³/mol. The van der Waals surface area contributed by atoms with E-state index in [0.29, 0.717) is 5.75 Å². The Hall–Kier alpha value is -0.420. The van der Waals surface area contributed by atoms with E-state index in [-0.39, 0.29) is 11.8 Å². The van der Waals surface area contributed by atoms with Gasteiger partial charge in [-0.05, 0) is 17.6 Å². The summed E-state index contributed by atoms with van der Waals surface area (Å²) in [7, 11) is 6.38. The van der Waals surface area contributed by atoms with Crippen LogP contribution in [0.2, 0.25) is 0 Å². The second kappa shape index (κ2) is 4.00. The molecule has 0 radical (unpaired) electrons. The van der Waals surface area contributed by atoms with Crippen LogP contribution in [0.15, 0.2) is 0 Å². The Morgan fingerprint density at radius 1 is 1.42 bits per heavy atom. The minimum atomic E-state index is -0.490. The summed E-state index contributed by atoms with van der Waals surface area (Å²) < 4.78 is 0. The summed E-state index contributed by atoms with van der Waals surface area (Å²) in [6.45, 7) is 1.64. The van der Waals surface area contributed by atoms with Crippen LogP contribution in [0.3, 0.4) is 0 Å². The van der Waals surface area contributed by atoms with E-state index in [1.165, 1.54) is 0 Å². The number of carbonyl (C=O) groups excluding carboxylic acids is 2. The SMILES string of the molecule is CC1NC(=O)[C@H](CSCl)NC1=O. The van der Waals surface area contributed by atoms with Crippen LogP contribution in [-0.4, -0.2) is 29.7 Å². The summed E-state index contributed by atoms with van der Waals surface area (Å²) >= 11 is 0. The summed E-state index contributed by atoms with van der Waals surface area (Å²) in [5, 5.41) is 5.10. The topological polar surface area (TPSA) is 58.2 Å². The van der Waals surface area contributed by atoms with Gasteiger partial charge in [0.1, 0.15) is 12.1 Å². The molecule has 1 aliphatic rings. The Kier molecular flexibility index (Phi) is 3.22. The van der Waals surface area contributed by atoms with Gasteiger partial charge in [-0.3, -0.25) is 9.59 Å². The molecule has 0 aliphatic carbocycles. The van der Waals surface area contributed by atoms with Gasteiger partial charge in [-0.15, -0.1) is 0 Å². The van der Waals surface area contributed by atoms with Crippen molar-refractivity contribution >= 4 is 33.5 Å². The van der Waals surface area contributed by atoms with Gasteiger partial charge in [0, 0.05) is 5.75 Å². The van der Waals surface area contributed by atoms with Gasteiger partial charge in [0.25, 0.3) is 0 Å². The first-order valence-corrected chi connectivity index (χ1v) is 5.30. The van der Waals surface area contributed by atoms with Crippen LogP contribution in [0, 0.1) is 0 Å². The van der Waals surface area contributed by atoms with E-state index < -0.39 is 12.1 Å². The summed E-state index contributed by atoms with van der Waals surface area (Å²) in [6.07, 6.45) is 0. The van der Waals surface area contributed by atoms with Crippen LogP contribution in [0.1, 0.15) is 6.92 Å². The van der Waals surface area contributed by atoms with Crippen molar-refractivity contribution in [3.63, 3.8) is 0 Å². The minimum Gasteiger partial charge on any atom is -0.343 e. The molecule has 2 atom stereocenters. The highest BCUT2D eigenvalue weighted by Gasteiger charge is 2.30. The maximum atomic E-state index is 11.1. The number of amides is 2. The quantitative estimate of drug-likeness (QED) is 0.665. The Labute approximate surface area is 78.9 Å². The molecule has 1 fully saturated rings. The highest BCUT2D eigenvalue weighted by atomic mass is 35.7. The van der Waals surface area contributed by atoms with Crippen molar-refractivity contribution in [3.8, 4) is 0 Å². The largest absolute Gasteiger partial charge is 0.343 e. The van der Waals surface area contributed by atoms with Gasteiger partial charge in [-0.25, -0.2) is 0 Å². The smallest absolute Gasteiger partial charge is 0.244 e. The molecule has 6 heteroatoms. The van der Waals surface area contributed by atoms with Gasteiger partial charge in [-0.1, -0.05) is 11.0 Å². The molecule has 1 heterocycles. The molecule has 0 aromatic rings. The highest BCUT2D eigenvalue weighted by molar-refractivity contribution is 8.21. The van der Waals surface area contributed by atoms with Crippen molar-refractivity contribution in [2.75, 3.05) is 5.75 Å². The fourth-order valence-corrected chi connectivity index (χ4v) is 1.66. The van der Waals surface area contributed by atoms with Gasteiger partial charge in [-0.2, -0.15) is 0 Å². The van der Waals surface area contributed by atoms with E-state index in [0.717, 1.165) is 11.0 Å². The Morgan fingerprint density at radius 3 is 2.67 bits per heavy atom. The van der Waals surface area contributed by atoms with E-state index in [2.05, 4.69) is 10.6 Å². The molecule has 1 unspecified atom stereocenters. The number of carbonyl (C=O) groups is 2. The first-order chi connectivity index (χ1) is 5.65. The van der Waals surface area contributed by atoms with Crippen LogP contribution in [0.25, 0.3) is 0 Å². The Bertz CT molecular complexity index is 212. The molecule has 68 valence electrons. The summed E-state index contributed by atoms with van der Waals surface area (Å²) in [5.74, 6) is 0.0619. The number of hydrogen-bond acceptors (Lipinski definition) is 3. The molecule has 0 aromatic heterocycles. The van der Waals surface area contributed by atoms with Gasteiger partial charge in [0.15, 0.2) is 0 Å². The average molecular weight is 209 g/mol. The molecule has 0 bridgehead atoms. The zero-order chi connectivity index (χ0) is 9.14. The monoisotopic (exact) mass is 208 g/mol. The Balaban J connectivity index is 2.55. The van der Waals surface area contributed by atoms with Crippen molar-refractivity contribution in [1.82, 2.24) is 10.6 Å². The van der Waals surface area contributed by atoms with Crippen molar-refractivity contribution in [2.24, 2.45) is 0 Å². The molecule has 4 nitrogen and oxygen atoms in total. The summed E-state index contributed by atoms with van der Waals surface area (Å²) in [5.41, 5.74) is 0. The van der Waals surface area contributed by atoms with Crippen molar-refractivity contribution in [1.29, 1.82) is 0 Å². The third-order valence-corrected chi connectivity index (χ3v) is 2.45. The standard InChI is InChI=1S/C6H9ClN2O2S/c1-3-5(10)9-4(2-12-7)6(11)8-3/h3-4H,2H2,1H3,(H,8,11)(H,9,10)/t3?,4-/m0/s1. The highest BCUT2D eigenvalue weighted by Crippen LogP contribution is 2.09. The third-order valence-electron chi connectivity index (χ3n) is 1.61. The van der Waals surface area contributed by atoms with E-state index in [4.69, 9.17) is 10.7 Å². The third kappa shape index (κ3) is 2.04. The van der Waals surface area contributed by atoms with Crippen molar-refractivity contribution < 1.29 is 9.59 Å². The fraction of sp³-hybridized carbons (Fsp3) is 0.667. The first-order valence-electron chi connectivity index (χ1n) is 3.49. The van der Waals surface area contributed by atoms with Crippen LogP contribution >= 0.6 is 21.7 Å². The zero-order valence-corrected chi connectivity index (χ0v) is 8.04. The molecular formula is C6H9ClN2O2S. The molecule has 12 heavy (non-hydrogen) atoms. The molecule has 2 amide bonds. The summed E-state index contributed by atoms with van der Waals surface area (Å²) in [6, 6.07) is -0.926. The maximum absolute atomic E-state index is 11.1. The van der Waals surface area contributed by atoms with E-state index in [9.17, 15) is 9.59 Å². The molecule has 0 spiro atoms. The number of rotatable bonds is 2. The first kappa shape index (κ1) is 9.67. The lowest BCUT2D eigenvalue weighted by Gasteiger charge is -2.26. The maximum Gasteiger partial charge on any atom is 0.244 e. The minimum absolute atomic E-state index is 0.162. The van der Waals surface area contributed by atoms with Gasteiger partial charge in [0.05, 0.1) is 0 Å². The molecule has 1 saturated heterocycles. The molecule has 0 saturated carbocycles. The van der Waals surface area contributed by atoms with E-state index >= 15 is 0 Å². The van der Waals surface area contributed by atoms with Gasteiger partial charge >= 0.3 is 0 Å². The second-order valence-electron chi connectivity index (χ2n) is 2.57. The van der Waals surface area contributed by atoms with Crippen molar-refractivity contribution in [2.45, 2.75) is 19.0 Å². The zero-order valence-electron chi connectivity index (χ0n) is 6.46. The van der Waals surface area contributed by atoms with Gasteiger partial charge in [0.2, 0.25) is 11.8 Å². The average Bonchev–Trinajstić information content (AvgIpc) is 2.01. The normalized spacial score (nSPS) is 29.5. The number of halogens is 1. The van der Waals surface area contributed by atoms with Crippen LogP contribution in [0.5, 0.6) is 0 Å². The van der Waals surface area contributed by atoms with E-state index in [1.807, 2.05) is 0 Å². The molecule has 1 aliphatic heterocycles. The second-order valence-corrected chi connectivity index (χ2v) is 3.77. The van der Waals surface area contributed by atoms with Crippen LogP contribution in [-0.2, 0) is 9.59 Å². The lowest BCUT2D eigenvalue weighted by atomic mass is 10.2. The lowest BCUT2D eigenvalue weighted by Crippen LogP contribution is -2.61. The fourth-order valence-electron chi connectivity index (χ4n) is 0.922. The van der Waals surface area contributed by atoms with Gasteiger partial charge < -0.3 is 10.6 Å². The summed E-state index contributed by atoms with van der Waals surface area (Å²) in [4.78, 5) is 22.2. The van der Waals surface area contributed by atoms with E-state index in [1.54, 1.807) is 6.92 Å². The number of hydrogen-bond donors (Lipinski definition) is 2. The predicted octanol–water partition coefficient (Wildman–Crippen LogP) is -0.124. The number of nitrogens with one attached hydrogen (secondary N) is 2. The number of piperazine rings is 1. The van der Waals surface area contributed by atoms with Crippen LogP contribution in [0.4, 0.5) is 0 Å².